The molecule has 0 radical (unpaired) electrons. The molecular weight excluding hydrogens is 246 g/mol. The van der Waals surface area contributed by atoms with E-state index in [0.29, 0.717) is 6.54 Å². The van der Waals surface area contributed by atoms with Crippen LogP contribution in [0, 0.1) is 0 Å². The number of hydrogen-bond acceptors (Lipinski definition) is 5. The van der Waals surface area contributed by atoms with E-state index in [1.165, 1.54) is 11.0 Å². The average Bonchev–Trinajstić information content (AvgIpc) is 2.74. The van der Waals surface area contributed by atoms with Crippen LogP contribution >= 0.6 is 0 Å². The smallest absolute Gasteiger partial charge is 0.244 e. The Morgan fingerprint density at radius 1 is 1.53 bits per heavy atom. The number of hydrogen-bond donors (Lipinski definition) is 2. The summed E-state index contributed by atoms with van der Waals surface area (Å²) in [6, 6.07) is 6.79. The highest BCUT2D eigenvalue weighted by atomic mass is 16.3. The molecule has 0 fully saturated rings. The van der Waals surface area contributed by atoms with Crippen LogP contribution in [0.3, 0.4) is 0 Å². The quantitative estimate of drug-likeness (QED) is 0.820. The minimum atomic E-state index is -0.117. The minimum absolute atomic E-state index is 0.0829. The molecule has 3 N–H and O–H groups in total. The third-order valence-corrected chi connectivity index (χ3v) is 2.61. The van der Waals surface area contributed by atoms with E-state index in [2.05, 4.69) is 10.1 Å². The molecule has 100 valence electrons. The van der Waals surface area contributed by atoms with E-state index < -0.39 is 0 Å². The predicted molar refractivity (Wildman–Crippen MR) is 69.0 cm³/mol. The molecule has 0 saturated carbocycles. The van der Waals surface area contributed by atoms with Gasteiger partial charge in [0.05, 0.1) is 0 Å². The number of rotatable bonds is 4. The first-order valence-electron chi connectivity index (χ1n) is 5.71. The monoisotopic (exact) mass is 261 g/mol. The van der Waals surface area contributed by atoms with Crippen LogP contribution in [0.25, 0.3) is 0 Å². The van der Waals surface area contributed by atoms with Crippen molar-refractivity contribution in [1.29, 1.82) is 0 Å². The largest absolute Gasteiger partial charge is 0.508 e. The Morgan fingerprint density at radius 3 is 2.95 bits per heavy atom. The summed E-state index contributed by atoms with van der Waals surface area (Å²) in [4.78, 5) is 17.2. The average molecular weight is 261 g/mol. The maximum Gasteiger partial charge on any atom is 0.244 e. The third kappa shape index (κ3) is 3.44. The molecule has 0 aliphatic heterocycles. The van der Waals surface area contributed by atoms with Gasteiger partial charge in [0.15, 0.2) is 0 Å². The van der Waals surface area contributed by atoms with Crippen molar-refractivity contribution in [3.05, 3.63) is 36.2 Å². The zero-order valence-electron chi connectivity index (χ0n) is 10.5. The number of phenols is 1. The van der Waals surface area contributed by atoms with E-state index in [1.807, 2.05) is 6.07 Å². The lowest BCUT2D eigenvalue weighted by Gasteiger charge is -2.17. The number of aromatic nitrogens is 3. The topological polar surface area (TPSA) is 97.3 Å². The van der Waals surface area contributed by atoms with Gasteiger partial charge in [0, 0.05) is 13.6 Å². The van der Waals surface area contributed by atoms with E-state index in [1.54, 1.807) is 30.1 Å². The summed E-state index contributed by atoms with van der Waals surface area (Å²) >= 11 is 0. The number of benzene rings is 1. The fraction of sp³-hybridized carbons (Fsp3) is 0.250. The van der Waals surface area contributed by atoms with E-state index in [9.17, 15) is 9.90 Å². The van der Waals surface area contributed by atoms with E-state index in [0.717, 1.165) is 5.56 Å². The molecular formula is C12H15N5O2. The third-order valence-electron chi connectivity index (χ3n) is 2.61. The van der Waals surface area contributed by atoms with Crippen LogP contribution in [0.1, 0.15) is 5.56 Å². The SMILES string of the molecule is CN(Cc1cccc(O)c1)C(=O)Cn1cnc(N)n1. The van der Waals surface area contributed by atoms with Gasteiger partial charge in [-0.3, -0.25) is 4.79 Å². The van der Waals surface area contributed by atoms with Crippen LogP contribution in [-0.2, 0) is 17.9 Å². The highest BCUT2D eigenvalue weighted by molar-refractivity contribution is 5.75. The molecule has 2 rings (SSSR count). The maximum absolute atomic E-state index is 11.9. The molecule has 1 aromatic heterocycles. The number of nitrogens with two attached hydrogens (primary N) is 1. The molecule has 2 aromatic rings. The molecule has 0 atom stereocenters. The van der Waals surface area contributed by atoms with Gasteiger partial charge in [-0.1, -0.05) is 12.1 Å². The van der Waals surface area contributed by atoms with Crippen LogP contribution in [0.5, 0.6) is 5.75 Å². The van der Waals surface area contributed by atoms with Crippen LogP contribution in [0.15, 0.2) is 30.6 Å². The number of aromatic hydroxyl groups is 1. The molecule has 1 aromatic carbocycles. The molecule has 7 heteroatoms. The van der Waals surface area contributed by atoms with Crippen molar-refractivity contribution < 1.29 is 9.90 Å². The molecule has 1 amide bonds. The van der Waals surface area contributed by atoms with E-state index >= 15 is 0 Å². The fourth-order valence-corrected chi connectivity index (χ4v) is 1.66. The molecule has 0 aliphatic carbocycles. The normalized spacial score (nSPS) is 10.4. The van der Waals surface area contributed by atoms with Crippen molar-refractivity contribution in [2.45, 2.75) is 13.1 Å². The van der Waals surface area contributed by atoms with Crippen LogP contribution < -0.4 is 5.73 Å². The number of carbonyl (C=O) groups is 1. The van der Waals surface area contributed by atoms with Gasteiger partial charge in [0.1, 0.15) is 18.6 Å². The highest BCUT2D eigenvalue weighted by Gasteiger charge is 2.11. The van der Waals surface area contributed by atoms with E-state index in [-0.39, 0.29) is 24.1 Å². The van der Waals surface area contributed by atoms with Gasteiger partial charge in [0.2, 0.25) is 11.9 Å². The fourth-order valence-electron chi connectivity index (χ4n) is 1.66. The number of anilines is 1. The summed E-state index contributed by atoms with van der Waals surface area (Å²) in [6.07, 6.45) is 1.41. The summed E-state index contributed by atoms with van der Waals surface area (Å²) in [7, 11) is 1.69. The molecule has 0 saturated heterocycles. The first-order valence-corrected chi connectivity index (χ1v) is 5.71. The van der Waals surface area contributed by atoms with Crippen molar-refractivity contribution >= 4 is 11.9 Å². The Balaban J connectivity index is 1.96. The standard InChI is InChI=1S/C12H15N5O2/c1-16(6-9-3-2-4-10(18)5-9)11(19)7-17-8-14-12(13)15-17/h2-5,8,18H,6-7H2,1H3,(H2,13,15). The van der Waals surface area contributed by atoms with Gasteiger partial charge in [-0.05, 0) is 17.7 Å². The van der Waals surface area contributed by atoms with Crippen LogP contribution in [0.4, 0.5) is 5.95 Å². The second kappa shape index (κ2) is 5.38. The summed E-state index contributed by atoms with van der Waals surface area (Å²) in [6.45, 7) is 0.497. The van der Waals surface area contributed by atoms with Gasteiger partial charge in [0.25, 0.3) is 0 Å². The molecule has 1 heterocycles. The number of amides is 1. The maximum atomic E-state index is 11.9. The molecule has 19 heavy (non-hydrogen) atoms. The Morgan fingerprint density at radius 2 is 2.32 bits per heavy atom. The van der Waals surface area contributed by atoms with Crippen molar-refractivity contribution in [2.75, 3.05) is 12.8 Å². The van der Waals surface area contributed by atoms with Crippen molar-refractivity contribution in [3.63, 3.8) is 0 Å². The van der Waals surface area contributed by atoms with Gasteiger partial charge < -0.3 is 15.7 Å². The Bertz CT molecular complexity index is 581. The summed E-state index contributed by atoms with van der Waals surface area (Å²) in [5, 5.41) is 13.2. The molecule has 0 spiro atoms. The number of likely N-dealkylation sites (N-methyl/N-ethyl adjacent to an activating group) is 1. The summed E-state index contributed by atoms with van der Waals surface area (Å²) in [5.74, 6) is 0.207. The first-order chi connectivity index (χ1) is 9.04. The van der Waals surface area contributed by atoms with Crippen LogP contribution in [0.2, 0.25) is 0 Å². The highest BCUT2D eigenvalue weighted by Crippen LogP contribution is 2.12. The second-order valence-corrected chi connectivity index (χ2v) is 4.22. The molecule has 0 unspecified atom stereocenters. The lowest BCUT2D eigenvalue weighted by molar-refractivity contribution is -0.131. The number of phenolic OH excluding ortho intramolecular Hbond substituents is 1. The van der Waals surface area contributed by atoms with Crippen LogP contribution in [-0.4, -0.2) is 37.7 Å². The van der Waals surface area contributed by atoms with Gasteiger partial charge >= 0.3 is 0 Å². The zero-order chi connectivity index (χ0) is 13.8. The van der Waals surface area contributed by atoms with Crippen molar-refractivity contribution in [3.8, 4) is 5.75 Å². The lowest BCUT2D eigenvalue weighted by atomic mass is 10.2. The number of carbonyl (C=O) groups excluding carboxylic acids is 1. The van der Waals surface area contributed by atoms with Crippen molar-refractivity contribution in [1.82, 2.24) is 19.7 Å². The Hall–Kier alpha value is -2.57. The minimum Gasteiger partial charge on any atom is -0.508 e. The predicted octanol–water partition coefficient (Wildman–Crippen LogP) is 0.225. The number of nitrogens with zero attached hydrogens (tertiary/aromatic N) is 4. The first kappa shape index (κ1) is 12.9. The Labute approximate surface area is 110 Å². The molecule has 7 nitrogen and oxygen atoms in total. The number of nitrogen functional groups attached to an aromatic ring is 1. The van der Waals surface area contributed by atoms with Gasteiger partial charge in [-0.15, -0.1) is 5.10 Å². The van der Waals surface area contributed by atoms with Gasteiger partial charge in [-0.25, -0.2) is 9.67 Å². The zero-order valence-corrected chi connectivity index (χ0v) is 10.5. The van der Waals surface area contributed by atoms with E-state index in [4.69, 9.17) is 5.73 Å². The second-order valence-electron chi connectivity index (χ2n) is 4.22. The molecule has 0 aliphatic rings. The summed E-state index contributed by atoms with van der Waals surface area (Å²) < 4.78 is 1.39. The molecule has 0 bridgehead atoms. The summed E-state index contributed by atoms with van der Waals surface area (Å²) in [5.41, 5.74) is 6.23. The van der Waals surface area contributed by atoms with Crippen molar-refractivity contribution in [2.24, 2.45) is 0 Å². The Kier molecular flexibility index (Phi) is 3.65. The lowest BCUT2D eigenvalue weighted by Crippen LogP contribution is -2.29. The van der Waals surface area contributed by atoms with Gasteiger partial charge in [-0.2, -0.15) is 0 Å².